The molecule has 0 fully saturated rings. The van der Waals surface area contributed by atoms with Crippen LogP contribution < -0.4 is 5.32 Å². The Morgan fingerprint density at radius 3 is 2.89 bits per heavy atom. The number of amides is 1. The van der Waals surface area contributed by atoms with Gasteiger partial charge in [0.2, 0.25) is 0 Å². The summed E-state index contributed by atoms with van der Waals surface area (Å²) in [5.74, 6) is 0.00748. The largest absolute Gasteiger partial charge is 0.508 e. The summed E-state index contributed by atoms with van der Waals surface area (Å²) >= 11 is 1.59. The van der Waals surface area contributed by atoms with E-state index in [-0.39, 0.29) is 11.7 Å². The first kappa shape index (κ1) is 11.8. The van der Waals surface area contributed by atoms with E-state index in [2.05, 4.69) is 10.3 Å². The molecule has 0 aliphatic heterocycles. The van der Waals surface area contributed by atoms with Crippen molar-refractivity contribution in [2.75, 3.05) is 5.32 Å². The number of carbonyl (C=O) groups is 1. The van der Waals surface area contributed by atoms with E-state index in [1.807, 2.05) is 24.4 Å². The summed E-state index contributed by atoms with van der Waals surface area (Å²) in [7, 11) is 0. The van der Waals surface area contributed by atoms with E-state index >= 15 is 0 Å². The van der Waals surface area contributed by atoms with Crippen LogP contribution in [0.3, 0.4) is 0 Å². The van der Waals surface area contributed by atoms with Gasteiger partial charge >= 0.3 is 0 Å². The molecule has 0 saturated carbocycles. The number of rotatable bonds is 2. The molecule has 3 N–H and O–H groups in total. The molecule has 96 valence electrons. The summed E-state index contributed by atoms with van der Waals surface area (Å²) < 4.78 is 1.06. The van der Waals surface area contributed by atoms with E-state index in [1.54, 1.807) is 29.5 Å². The molecule has 3 aromatic rings. The Hall–Kier alpha value is -2.27. The van der Waals surface area contributed by atoms with Gasteiger partial charge in [-0.1, -0.05) is 0 Å². The zero-order valence-electron chi connectivity index (χ0n) is 10.2. The number of benzene rings is 1. The molecule has 0 aliphatic carbocycles. The Kier molecular flexibility index (Phi) is 2.76. The number of hydrogen-bond acceptors (Lipinski definition) is 3. The van der Waals surface area contributed by atoms with Crippen LogP contribution >= 0.6 is 11.3 Å². The van der Waals surface area contributed by atoms with Gasteiger partial charge in [0.1, 0.15) is 11.4 Å². The van der Waals surface area contributed by atoms with E-state index in [0.29, 0.717) is 11.4 Å². The normalized spacial score (nSPS) is 10.8. The number of phenols is 1. The second kappa shape index (κ2) is 4.44. The van der Waals surface area contributed by atoms with Gasteiger partial charge in [0.05, 0.1) is 10.2 Å². The number of thiophene rings is 1. The summed E-state index contributed by atoms with van der Waals surface area (Å²) in [6, 6.07) is 8.64. The highest BCUT2D eigenvalue weighted by molar-refractivity contribution is 7.17. The number of hydrogen-bond donors (Lipinski definition) is 3. The predicted molar refractivity (Wildman–Crippen MR) is 77.0 cm³/mol. The van der Waals surface area contributed by atoms with Crippen molar-refractivity contribution in [2.45, 2.75) is 6.92 Å². The molecule has 0 radical (unpaired) electrons. The number of aromatic nitrogens is 1. The van der Waals surface area contributed by atoms with Crippen molar-refractivity contribution < 1.29 is 9.90 Å². The van der Waals surface area contributed by atoms with Gasteiger partial charge < -0.3 is 15.4 Å². The molecule has 0 bridgehead atoms. The Bertz CT molecular complexity index is 729. The second-order valence-electron chi connectivity index (χ2n) is 4.33. The summed E-state index contributed by atoms with van der Waals surface area (Å²) in [5, 5.41) is 14.1. The third-order valence-electron chi connectivity index (χ3n) is 2.94. The maximum Gasteiger partial charge on any atom is 0.272 e. The lowest BCUT2D eigenvalue weighted by Gasteiger charge is -2.07. The average Bonchev–Trinajstić information content (AvgIpc) is 2.93. The Morgan fingerprint density at radius 1 is 1.32 bits per heavy atom. The molecule has 0 unspecified atom stereocenters. The number of anilines is 1. The van der Waals surface area contributed by atoms with Gasteiger partial charge in [-0.2, -0.15) is 0 Å². The van der Waals surface area contributed by atoms with Crippen LogP contribution in [0.2, 0.25) is 0 Å². The van der Waals surface area contributed by atoms with Gasteiger partial charge in [-0.05, 0) is 48.2 Å². The first-order valence-corrected chi connectivity index (χ1v) is 6.68. The van der Waals surface area contributed by atoms with Crippen molar-refractivity contribution >= 4 is 33.1 Å². The molecule has 0 aliphatic rings. The minimum absolute atomic E-state index is 0.183. The van der Waals surface area contributed by atoms with Crippen molar-refractivity contribution in [3.63, 3.8) is 0 Å². The highest BCUT2D eigenvalue weighted by Crippen LogP contribution is 2.23. The maximum atomic E-state index is 12.1. The van der Waals surface area contributed by atoms with E-state index in [1.165, 1.54) is 0 Å². The van der Waals surface area contributed by atoms with E-state index in [9.17, 15) is 9.90 Å². The van der Waals surface area contributed by atoms with E-state index in [0.717, 1.165) is 15.8 Å². The Labute approximate surface area is 113 Å². The van der Waals surface area contributed by atoms with Crippen LogP contribution in [-0.4, -0.2) is 16.0 Å². The second-order valence-corrected chi connectivity index (χ2v) is 5.28. The van der Waals surface area contributed by atoms with Gasteiger partial charge in [0.15, 0.2) is 0 Å². The van der Waals surface area contributed by atoms with Crippen molar-refractivity contribution in [3.8, 4) is 5.75 Å². The number of H-pyrrole nitrogens is 1. The lowest BCUT2D eigenvalue weighted by atomic mass is 10.2. The lowest BCUT2D eigenvalue weighted by molar-refractivity contribution is 0.102. The van der Waals surface area contributed by atoms with Crippen LogP contribution in [0.15, 0.2) is 35.7 Å². The third-order valence-corrected chi connectivity index (χ3v) is 3.81. The first-order valence-electron chi connectivity index (χ1n) is 5.80. The summed E-state index contributed by atoms with van der Waals surface area (Å²) in [6.07, 6.45) is 0. The minimum Gasteiger partial charge on any atom is -0.508 e. The number of aromatic hydroxyl groups is 1. The number of aromatic amines is 1. The van der Waals surface area contributed by atoms with Crippen LogP contribution in [0.5, 0.6) is 5.75 Å². The summed E-state index contributed by atoms with van der Waals surface area (Å²) in [6.45, 7) is 1.84. The molecular weight excluding hydrogens is 260 g/mol. The highest BCUT2D eigenvalue weighted by Gasteiger charge is 2.11. The van der Waals surface area contributed by atoms with Crippen LogP contribution in [0.4, 0.5) is 5.69 Å². The fraction of sp³-hybridized carbons (Fsp3) is 0.0714. The van der Waals surface area contributed by atoms with Gasteiger partial charge in [-0.25, -0.2) is 0 Å². The van der Waals surface area contributed by atoms with Gasteiger partial charge in [-0.3, -0.25) is 4.79 Å². The molecule has 2 aromatic heterocycles. The van der Waals surface area contributed by atoms with Crippen LogP contribution in [-0.2, 0) is 0 Å². The quantitative estimate of drug-likeness (QED) is 0.625. The van der Waals surface area contributed by atoms with Crippen molar-refractivity contribution in [1.82, 2.24) is 4.98 Å². The SMILES string of the molecule is Cc1cc(O)ccc1NC(=O)c1cc2sccc2[nH]1. The zero-order valence-corrected chi connectivity index (χ0v) is 11.0. The molecule has 1 aromatic carbocycles. The van der Waals surface area contributed by atoms with Gasteiger partial charge in [-0.15, -0.1) is 11.3 Å². The Morgan fingerprint density at radius 2 is 2.16 bits per heavy atom. The molecule has 2 heterocycles. The molecule has 4 nitrogen and oxygen atoms in total. The van der Waals surface area contributed by atoms with Crippen molar-refractivity contribution in [1.29, 1.82) is 0 Å². The summed E-state index contributed by atoms with van der Waals surface area (Å²) in [4.78, 5) is 15.2. The molecule has 3 rings (SSSR count). The lowest BCUT2D eigenvalue weighted by Crippen LogP contribution is -2.12. The van der Waals surface area contributed by atoms with Crippen LogP contribution in [0.25, 0.3) is 10.2 Å². The molecule has 0 atom stereocenters. The maximum absolute atomic E-state index is 12.1. The number of carbonyl (C=O) groups excluding carboxylic acids is 1. The van der Waals surface area contributed by atoms with E-state index < -0.39 is 0 Å². The van der Waals surface area contributed by atoms with Gasteiger partial charge in [0, 0.05) is 5.69 Å². The summed E-state index contributed by atoms with van der Waals surface area (Å²) in [5.41, 5.74) is 3.02. The van der Waals surface area contributed by atoms with Crippen LogP contribution in [0.1, 0.15) is 16.1 Å². The molecule has 5 heteroatoms. The first-order chi connectivity index (χ1) is 9.13. The zero-order chi connectivity index (χ0) is 13.4. The number of aryl methyl sites for hydroxylation is 1. The van der Waals surface area contributed by atoms with Crippen LogP contribution in [0, 0.1) is 6.92 Å². The number of nitrogens with one attached hydrogen (secondary N) is 2. The fourth-order valence-corrected chi connectivity index (χ4v) is 2.73. The predicted octanol–water partition coefficient (Wildman–Crippen LogP) is 3.50. The minimum atomic E-state index is -0.183. The van der Waals surface area contributed by atoms with Gasteiger partial charge in [0.25, 0.3) is 5.91 Å². The molecule has 0 saturated heterocycles. The average molecular weight is 272 g/mol. The topological polar surface area (TPSA) is 65.1 Å². The van der Waals surface area contributed by atoms with Crippen molar-refractivity contribution in [3.05, 3.63) is 47.0 Å². The fourth-order valence-electron chi connectivity index (χ4n) is 1.95. The molecule has 0 spiro atoms. The standard InChI is InChI=1S/C14H12N2O2S/c1-8-6-9(17)2-3-10(8)16-14(18)12-7-13-11(15-12)4-5-19-13/h2-7,15,17H,1H3,(H,16,18). The monoisotopic (exact) mass is 272 g/mol. The molecular formula is C14H12N2O2S. The third kappa shape index (κ3) is 2.20. The Balaban J connectivity index is 1.86. The molecule has 1 amide bonds. The number of fused-ring (bicyclic) bond motifs is 1. The van der Waals surface area contributed by atoms with Crippen molar-refractivity contribution in [2.24, 2.45) is 0 Å². The smallest absolute Gasteiger partial charge is 0.272 e. The molecule has 19 heavy (non-hydrogen) atoms. The highest BCUT2D eigenvalue weighted by atomic mass is 32.1. The number of phenolic OH excluding ortho intramolecular Hbond substituents is 1. The van der Waals surface area contributed by atoms with E-state index in [4.69, 9.17) is 0 Å².